The van der Waals surface area contributed by atoms with Gasteiger partial charge in [-0.25, -0.2) is 14.4 Å². The Morgan fingerprint density at radius 2 is 2.10 bits per heavy atom. The van der Waals surface area contributed by atoms with Crippen LogP contribution in [0.5, 0.6) is 5.75 Å². The lowest BCUT2D eigenvalue weighted by Gasteiger charge is -2.12. The number of aromatic nitrogens is 2. The Hall–Kier alpha value is -2.41. The quantitative estimate of drug-likeness (QED) is 0.851. The van der Waals surface area contributed by atoms with Crippen molar-refractivity contribution < 1.29 is 13.9 Å². The average Bonchev–Trinajstić information content (AvgIpc) is 2.46. The van der Waals surface area contributed by atoms with Gasteiger partial charge >= 0.3 is 0 Å². The van der Waals surface area contributed by atoms with Gasteiger partial charge in [-0.15, -0.1) is 0 Å². The first kappa shape index (κ1) is 15.0. The number of hydrogen-bond acceptors (Lipinski definition) is 6. The minimum Gasteiger partial charge on any atom is -0.494 e. The van der Waals surface area contributed by atoms with Crippen LogP contribution in [0.4, 0.5) is 21.7 Å². The number of ether oxygens (including phenoxy) is 2. The molecule has 2 aromatic rings. The summed E-state index contributed by atoms with van der Waals surface area (Å²) < 4.78 is 23.6. The van der Waals surface area contributed by atoms with Gasteiger partial charge in [0.1, 0.15) is 29.8 Å². The molecule has 0 atom stereocenters. The zero-order valence-corrected chi connectivity index (χ0v) is 11.9. The maximum atomic E-state index is 13.2. The van der Waals surface area contributed by atoms with Crippen molar-refractivity contribution in [2.24, 2.45) is 0 Å². The Labute approximate surface area is 122 Å². The lowest BCUT2D eigenvalue weighted by molar-refractivity contribution is 0.128. The van der Waals surface area contributed by atoms with Crippen LogP contribution in [-0.4, -0.2) is 23.7 Å². The largest absolute Gasteiger partial charge is 0.494 e. The third-order valence-corrected chi connectivity index (χ3v) is 2.65. The van der Waals surface area contributed by atoms with Crippen molar-refractivity contribution in [2.45, 2.75) is 13.5 Å². The zero-order valence-electron chi connectivity index (χ0n) is 11.9. The predicted molar refractivity (Wildman–Crippen MR) is 78.0 cm³/mol. The summed E-state index contributed by atoms with van der Waals surface area (Å²) in [6.45, 7) is 2.72. The number of hydrogen-bond donors (Lipinski definition) is 2. The van der Waals surface area contributed by atoms with Gasteiger partial charge in [-0.1, -0.05) is 0 Å². The summed E-state index contributed by atoms with van der Waals surface area (Å²) in [7, 11) is 1.47. The molecule has 1 aromatic heterocycles. The summed E-state index contributed by atoms with van der Waals surface area (Å²) in [5, 5.41) is 3.03. The van der Waals surface area contributed by atoms with Crippen molar-refractivity contribution in [1.29, 1.82) is 0 Å². The molecule has 0 fully saturated rings. The number of benzene rings is 1. The van der Waals surface area contributed by atoms with E-state index >= 15 is 0 Å². The highest BCUT2D eigenvalue weighted by atomic mass is 19.1. The normalized spacial score (nSPS) is 10.4. The Kier molecular flexibility index (Phi) is 4.89. The van der Waals surface area contributed by atoms with E-state index in [0.29, 0.717) is 35.5 Å². The highest BCUT2D eigenvalue weighted by molar-refractivity contribution is 5.65. The van der Waals surface area contributed by atoms with Crippen molar-refractivity contribution in [2.75, 3.05) is 24.8 Å². The minimum atomic E-state index is -0.378. The van der Waals surface area contributed by atoms with Gasteiger partial charge in [0.25, 0.3) is 0 Å². The number of nitrogens with one attached hydrogen (secondary N) is 1. The zero-order chi connectivity index (χ0) is 15.2. The number of anilines is 3. The molecule has 0 aliphatic rings. The summed E-state index contributed by atoms with van der Waals surface area (Å²) >= 11 is 0. The van der Waals surface area contributed by atoms with E-state index in [0.717, 1.165) is 0 Å². The molecule has 21 heavy (non-hydrogen) atoms. The molecule has 0 saturated carbocycles. The second-order valence-electron chi connectivity index (χ2n) is 4.20. The molecule has 0 radical (unpaired) electrons. The fraction of sp³-hybridized carbons (Fsp3) is 0.286. The average molecular weight is 292 g/mol. The SMILES string of the molecule is CCOCc1nc(N)cc(Nc2ccc(F)cc2OC)n1. The molecule has 1 aromatic carbocycles. The fourth-order valence-electron chi connectivity index (χ4n) is 1.75. The first-order chi connectivity index (χ1) is 10.1. The van der Waals surface area contributed by atoms with Crippen LogP contribution in [0.25, 0.3) is 0 Å². The number of methoxy groups -OCH3 is 1. The van der Waals surface area contributed by atoms with Crippen molar-refractivity contribution in [1.82, 2.24) is 9.97 Å². The van der Waals surface area contributed by atoms with E-state index in [4.69, 9.17) is 15.2 Å². The van der Waals surface area contributed by atoms with E-state index in [2.05, 4.69) is 15.3 Å². The number of rotatable bonds is 6. The summed E-state index contributed by atoms with van der Waals surface area (Å²) in [6.07, 6.45) is 0. The van der Waals surface area contributed by atoms with Crippen LogP contribution in [-0.2, 0) is 11.3 Å². The maximum Gasteiger partial charge on any atom is 0.158 e. The third-order valence-electron chi connectivity index (χ3n) is 2.65. The van der Waals surface area contributed by atoms with Crippen LogP contribution in [0.2, 0.25) is 0 Å². The third kappa shape index (κ3) is 4.03. The summed E-state index contributed by atoms with van der Waals surface area (Å²) in [6, 6.07) is 5.76. The van der Waals surface area contributed by atoms with E-state index in [-0.39, 0.29) is 12.4 Å². The molecule has 0 aliphatic heterocycles. The molecular weight excluding hydrogens is 275 g/mol. The topological polar surface area (TPSA) is 82.3 Å². The maximum absolute atomic E-state index is 13.2. The number of nitrogens with two attached hydrogens (primary N) is 1. The lowest BCUT2D eigenvalue weighted by atomic mass is 10.3. The Morgan fingerprint density at radius 3 is 2.81 bits per heavy atom. The van der Waals surface area contributed by atoms with Gasteiger partial charge in [0, 0.05) is 18.7 Å². The van der Waals surface area contributed by atoms with E-state index in [9.17, 15) is 4.39 Å². The fourth-order valence-corrected chi connectivity index (χ4v) is 1.75. The van der Waals surface area contributed by atoms with Gasteiger partial charge < -0.3 is 20.5 Å². The summed E-state index contributed by atoms with van der Waals surface area (Å²) in [5.41, 5.74) is 6.32. The molecule has 2 rings (SSSR count). The highest BCUT2D eigenvalue weighted by Gasteiger charge is 2.08. The number of nitrogens with zero attached hydrogens (tertiary/aromatic N) is 2. The Bertz CT molecular complexity index is 622. The van der Waals surface area contributed by atoms with Gasteiger partial charge in [0.05, 0.1) is 12.8 Å². The van der Waals surface area contributed by atoms with Crippen molar-refractivity contribution in [3.8, 4) is 5.75 Å². The first-order valence-corrected chi connectivity index (χ1v) is 6.44. The van der Waals surface area contributed by atoms with Crippen molar-refractivity contribution in [3.63, 3.8) is 0 Å². The van der Waals surface area contributed by atoms with Crippen LogP contribution in [0, 0.1) is 5.82 Å². The van der Waals surface area contributed by atoms with Crippen molar-refractivity contribution >= 4 is 17.3 Å². The van der Waals surface area contributed by atoms with Gasteiger partial charge in [0.2, 0.25) is 0 Å². The molecule has 0 aliphatic carbocycles. The predicted octanol–water partition coefficient (Wildman–Crippen LogP) is 2.49. The monoisotopic (exact) mass is 292 g/mol. The summed E-state index contributed by atoms with van der Waals surface area (Å²) in [5.74, 6) is 1.28. The molecule has 0 amide bonds. The highest BCUT2D eigenvalue weighted by Crippen LogP contribution is 2.28. The minimum absolute atomic E-state index is 0.275. The smallest absolute Gasteiger partial charge is 0.158 e. The van der Waals surface area contributed by atoms with Gasteiger partial charge in [-0.2, -0.15) is 0 Å². The number of nitrogen functional groups attached to an aromatic ring is 1. The molecular formula is C14H17FN4O2. The second-order valence-corrected chi connectivity index (χ2v) is 4.20. The Morgan fingerprint density at radius 1 is 1.29 bits per heavy atom. The Balaban J connectivity index is 2.24. The van der Waals surface area contributed by atoms with Crippen LogP contribution < -0.4 is 15.8 Å². The molecule has 0 unspecified atom stereocenters. The molecule has 6 nitrogen and oxygen atoms in total. The molecule has 1 heterocycles. The molecule has 0 bridgehead atoms. The van der Waals surface area contributed by atoms with Crippen LogP contribution >= 0.6 is 0 Å². The standard InChI is InChI=1S/C14H17FN4O2/c1-3-21-8-14-18-12(16)7-13(19-14)17-10-5-4-9(15)6-11(10)20-2/h4-7H,3,8H2,1-2H3,(H3,16,17,18,19). The lowest BCUT2D eigenvalue weighted by Crippen LogP contribution is -2.05. The molecule has 3 N–H and O–H groups in total. The van der Waals surface area contributed by atoms with E-state index < -0.39 is 0 Å². The molecule has 112 valence electrons. The van der Waals surface area contributed by atoms with Crippen LogP contribution in [0.15, 0.2) is 24.3 Å². The van der Waals surface area contributed by atoms with Crippen LogP contribution in [0.3, 0.4) is 0 Å². The van der Waals surface area contributed by atoms with E-state index in [1.165, 1.54) is 19.2 Å². The van der Waals surface area contributed by atoms with E-state index in [1.807, 2.05) is 6.92 Å². The second kappa shape index (κ2) is 6.85. The van der Waals surface area contributed by atoms with Crippen LogP contribution in [0.1, 0.15) is 12.7 Å². The van der Waals surface area contributed by atoms with Gasteiger partial charge in [-0.05, 0) is 19.1 Å². The summed E-state index contributed by atoms with van der Waals surface area (Å²) in [4.78, 5) is 8.37. The van der Waals surface area contributed by atoms with Gasteiger partial charge in [-0.3, -0.25) is 0 Å². The number of halogens is 1. The first-order valence-electron chi connectivity index (χ1n) is 6.44. The molecule has 7 heteroatoms. The van der Waals surface area contributed by atoms with E-state index in [1.54, 1.807) is 12.1 Å². The molecule has 0 spiro atoms. The molecule has 0 saturated heterocycles. The van der Waals surface area contributed by atoms with Gasteiger partial charge in [0.15, 0.2) is 5.82 Å². The van der Waals surface area contributed by atoms with Crippen molar-refractivity contribution in [3.05, 3.63) is 35.9 Å².